The van der Waals surface area contributed by atoms with Gasteiger partial charge in [-0.3, -0.25) is 4.79 Å². The maximum absolute atomic E-state index is 13.2. The molecule has 0 aliphatic rings. The molecule has 5 nitrogen and oxygen atoms in total. The number of ether oxygens (including phenoxy) is 1. The molecule has 0 aliphatic carbocycles. The summed E-state index contributed by atoms with van der Waals surface area (Å²) in [5.41, 5.74) is 1.07. The monoisotopic (exact) mass is 319 g/mol. The smallest absolute Gasteiger partial charge is 0.275 e. The number of carbonyl (C=O) groups excluding carboxylic acids is 1. The quantitative estimate of drug-likeness (QED) is 0.805. The standard InChI is InChI=1S/C15H11ClFN3O2/c1-22-13-4-2-9(16)6-11(13)19-15(21)12-8-20-7-10(17)3-5-14(20)18-12/h2-8H,1H3,(H,19,21). The lowest BCUT2D eigenvalue weighted by Gasteiger charge is -2.09. The van der Waals surface area contributed by atoms with Crippen LogP contribution < -0.4 is 10.1 Å². The third-order valence-electron chi connectivity index (χ3n) is 3.06. The zero-order valence-corrected chi connectivity index (χ0v) is 12.3. The van der Waals surface area contributed by atoms with E-state index < -0.39 is 11.7 Å². The van der Waals surface area contributed by atoms with Gasteiger partial charge in [0.1, 0.15) is 22.9 Å². The van der Waals surface area contributed by atoms with Gasteiger partial charge in [-0.2, -0.15) is 0 Å². The molecule has 7 heteroatoms. The first-order valence-electron chi connectivity index (χ1n) is 6.36. The molecule has 2 aromatic heterocycles. The number of nitrogens with one attached hydrogen (secondary N) is 1. The highest BCUT2D eigenvalue weighted by Gasteiger charge is 2.14. The van der Waals surface area contributed by atoms with E-state index in [4.69, 9.17) is 16.3 Å². The normalized spacial score (nSPS) is 10.7. The molecule has 0 radical (unpaired) electrons. The van der Waals surface area contributed by atoms with Crippen molar-refractivity contribution in [2.75, 3.05) is 12.4 Å². The molecule has 0 atom stereocenters. The van der Waals surface area contributed by atoms with Crippen LogP contribution in [0.1, 0.15) is 10.5 Å². The molecule has 0 spiro atoms. The van der Waals surface area contributed by atoms with Crippen molar-refractivity contribution in [3.05, 3.63) is 59.3 Å². The van der Waals surface area contributed by atoms with E-state index in [1.807, 2.05) is 0 Å². The molecule has 0 fully saturated rings. The number of aromatic nitrogens is 2. The lowest BCUT2D eigenvalue weighted by Crippen LogP contribution is -2.13. The third kappa shape index (κ3) is 2.73. The van der Waals surface area contributed by atoms with Crippen molar-refractivity contribution < 1.29 is 13.9 Å². The minimum Gasteiger partial charge on any atom is -0.495 e. The number of fused-ring (bicyclic) bond motifs is 1. The topological polar surface area (TPSA) is 55.6 Å². The number of carbonyl (C=O) groups is 1. The molecular formula is C15H11ClFN3O2. The molecule has 2 heterocycles. The van der Waals surface area contributed by atoms with Crippen molar-refractivity contribution in [3.63, 3.8) is 0 Å². The molecule has 0 saturated carbocycles. The van der Waals surface area contributed by atoms with Crippen molar-refractivity contribution in [2.24, 2.45) is 0 Å². The van der Waals surface area contributed by atoms with Crippen molar-refractivity contribution in [2.45, 2.75) is 0 Å². The van der Waals surface area contributed by atoms with Crippen LogP contribution >= 0.6 is 11.6 Å². The molecule has 1 N–H and O–H groups in total. The van der Waals surface area contributed by atoms with Crippen LogP contribution in [-0.2, 0) is 0 Å². The van der Waals surface area contributed by atoms with Gasteiger partial charge in [-0.1, -0.05) is 11.6 Å². The highest BCUT2D eigenvalue weighted by atomic mass is 35.5. The maximum Gasteiger partial charge on any atom is 0.275 e. The number of anilines is 1. The number of halogens is 2. The van der Waals surface area contributed by atoms with Gasteiger partial charge in [0.15, 0.2) is 0 Å². The molecule has 0 aliphatic heterocycles. The van der Waals surface area contributed by atoms with Gasteiger partial charge >= 0.3 is 0 Å². The zero-order valence-electron chi connectivity index (χ0n) is 11.5. The predicted octanol–water partition coefficient (Wildman–Crippen LogP) is 3.39. The number of nitrogens with zero attached hydrogens (tertiary/aromatic N) is 2. The minimum atomic E-state index is -0.440. The van der Waals surface area contributed by atoms with Crippen LogP contribution in [0.4, 0.5) is 10.1 Å². The molecule has 3 aromatic rings. The summed E-state index contributed by atoms with van der Waals surface area (Å²) in [5.74, 6) is -0.370. The van der Waals surface area contributed by atoms with Crippen LogP contribution in [0.2, 0.25) is 5.02 Å². The number of benzene rings is 1. The van der Waals surface area contributed by atoms with Crippen molar-refractivity contribution >= 4 is 28.8 Å². The number of hydrogen-bond acceptors (Lipinski definition) is 3. The first-order valence-corrected chi connectivity index (χ1v) is 6.74. The number of pyridine rings is 1. The Kier molecular flexibility index (Phi) is 3.68. The molecule has 0 saturated heterocycles. The Labute approximate surface area is 130 Å². The highest BCUT2D eigenvalue weighted by molar-refractivity contribution is 6.31. The molecule has 1 amide bonds. The second-order valence-electron chi connectivity index (χ2n) is 4.54. The molecular weight excluding hydrogens is 309 g/mol. The van der Waals surface area contributed by atoms with Crippen LogP contribution in [0.25, 0.3) is 5.65 Å². The third-order valence-corrected chi connectivity index (χ3v) is 3.29. The summed E-state index contributed by atoms with van der Waals surface area (Å²) in [5, 5.41) is 3.14. The Bertz CT molecular complexity index is 863. The molecule has 1 aromatic carbocycles. The molecule has 0 unspecified atom stereocenters. The van der Waals surface area contributed by atoms with Crippen LogP contribution in [0.5, 0.6) is 5.75 Å². The van der Waals surface area contributed by atoms with E-state index in [1.54, 1.807) is 18.2 Å². The Hall–Kier alpha value is -2.60. The first kappa shape index (κ1) is 14.3. The second-order valence-corrected chi connectivity index (χ2v) is 4.97. The van der Waals surface area contributed by atoms with E-state index in [0.29, 0.717) is 22.1 Å². The van der Waals surface area contributed by atoms with E-state index in [9.17, 15) is 9.18 Å². The summed E-state index contributed by atoms with van der Waals surface area (Å²) in [7, 11) is 1.49. The summed E-state index contributed by atoms with van der Waals surface area (Å²) in [4.78, 5) is 16.4. The number of amides is 1. The second kappa shape index (κ2) is 5.65. The van der Waals surface area contributed by atoms with Gasteiger partial charge in [0.2, 0.25) is 0 Å². The van der Waals surface area contributed by atoms with Gasteiger partial charge in [-0.25, -0.2) is 9.37 Å². The van der Waals surface area contributed by atoms with Gasteiger partial charge in [0.05, 0.1) is 12.8 Å². The predicted molar refractivity (Wildman–Crippen MR) is 81.1 cm³/mol. The maximum atomic E-state index is 13.2. The average molecular weight is 320 g/mol. The minimum absolute atomic E-state index is 0.160. The SMILES string of the molecule is COc1ccc(Cl)cc1NC(=O)c1cn2cc(F)ccc2n1. The largest absolute Gasteiger partial charge is 0.495 e. The lowest BCUT2D eigenvalue weighted by molar-refractivity contribution is 0.102. The fraction of sp³-hybridized carbons (Fsp3) is 0.0667. The van der Waals surface area contributed by atoms with Gasteiger partial charge < -0.3 is 14.5 Å². The van der Waals surface area contributed by atoms with Crippen molar-refractivity contribution in [3.8, 4) is 5.75 Å². The fourth-order valence-corrected chi connectivity index (χ4v) is 2.21. The highest BCUT2D eigenvalue weighted by Crippen LogP contribution is 2.28. The summed E-state index contributed by atoms with van der Waals surface area (Å²) in [6.45, 7) is 0. The Morgan fingerprint density at radius 1 is 1.32 bits per heavy atom. The van der Waals surface area contributed by atoms with Crippen LogP contribution in [0.3, 0.4) is 0 Å². The Morgan fingerprint density at radius 3 is 2.91 bits per heavy atom. The van der Waals surface area contributed by atoms with Crippen molar-refractivity contribution in [1.82, 2.24) is 9.38 Å². The van der Waals surface area contributed by atoms with E-state index in [2.05, 4.69) is 10.3 Å². The van der Waals surface area contributed by atoms with E-state index in [0.717, 1.165) is 0 Å². The molecule has 3 rings (SSSR count). The van der Waals surface area contributed by atoms with E-state index >= 15 is 0 Å². The van der Waals surface area contributed by atoms with Gasteiger partial charge in [-0.05, 0) is 30.3 Å². The summed E-state index contributed by atoms with van der Waals surface area (Å²) < 4.78 is 19.8. The van der Waals surface area contributed by atoms with Crippen molar-refractivity contribution in [1.29, 1.82) is 0 Å². The van der Waals surface area contributed by atoms with Gasteiger partial charge in [-0.15, -0.1) is 0 Å². The number of methoxy groups -OCH3 is 1. The lowest BCUT2D eigenvalue weighted by atomic mass is 10.3. The number of rotatable bonds is 3. The zero-order chi connectivity index (χ0) is 15.7. The van der Waals surface area contributed by atoms with Crippen LogP contribution in [0.15, 0.2) is 42.7 Å². The Morgan fingerprint density at radius 2 is 2.14 bits per heavy atom. The number of hydrogen-bond donors (Lipinski definition) is 1. The van der Waals surface area contributed by atoms with E-state index in [-0.39, 0.29) is 5.69 Å². The molecule has 22 heavy (non-hydrogen) atoms. The average Bonchev–Trinajstić information content (AvgIpc) is 2.90. The Balaban J connectivity index is 1.91. The molecule has 0 bridgehead atoms. The van der Waals surface area contributed by atoms with Gasteiger partial charge in [0.25, 0.3) is 5.91 Å². The van der Waals surface area contributed by atoms with Crippen LogP contribution in [0, 0.1) is 5.82 Å². The fourth-order valence-electron chi connectivity index (χ4n) is 2.04. The first-order chi connectivity index (χ1) is 10.6. The summed E-state index contributed by atoms with van der Waals surface area (Å²) >= 11 is 5.92. The van der Waals surface area contributed by atoms with E-state index in [1.165, 1.54) is 36.0 Å². The summed E-state index contributed by atoms with van der Waals surface area (Å²) in [6.07, 6.45) is 2.70. The van der Waals surface area contributed by atoms with Crippen LogP contribution in [-0.4, -0.2) is 22.4 Å². The summed E-state index contributed by atoms with van der Waals surface area (Å²) in [6, 6.07) is 7.66. The van der Waals surface area contributed by atoms with Gasteiger partial charge in [0, 0.05) is 17.4 Å². The molecule has 112 valence electrons. The number of imidazole rings is 1.